The summed E-state index contributed by atoms with van der Waals surface area (Å²) in [5, 5.41) is 0. The zero-order chi connectivity index (χ0) is 8.36. The smallest absolute Gasteiger partial charge is 0.303 e. The lowest BCUT2D eigenvalue weighted by Gasteiger charge is -2.26. The van der Waals surface area contributed by atoms with E-state index in [1.54, 1.807) is 0 Å². The Balaban J connectivity index is 3.99. The van der Waals surface area contributed by atoms with Crippen LogP contribution in [0.4, 0.5) is 0 Å². The lowest BCUT2D eigenvalue weighted by molar-refractivity contribution is -0.153. The van der Waals surface area contributed by atoms with Crippen LogP contribution in [0.25, 0.3) is 0 Å². The zero-order valence-electron chi connectivity index (χ0n) is 6.77. The molecule has 0 aliphatic heterocycles. The molecule has 1 unspecified atom stereocenters. The third-order valence-corrected chi connectivity index (χ3v) is 2.47. The number of halogens is 1. The molecule has 0 heterocycles. The van der Waals surface area contributed by atoms with Crippen molar-refractivity contribution in [3.05, 3.63) is 0 Å². The zero-order valence-corrected chi connectivity index (χ0v) is 8.36. The molecule has 0 rings (SSSR count). The van der Waals surface area contributed by atoms with Crippen LogP contribution in [0.15, 0.2) is 0 Å². The first kappa shape index (κ1) is 9.95. The van der Waals surface area contributed by atoms with Crippen LogP contribution >= 0.6 is 15.9 Å². The molecule has 0 saturated carbocycles. The van der Waals surface area contributed by atoms with Crippen molar-refractivity contribution in [1.29, 1.82) is 0 Å². The van der Waals surface area contributed by atoms with Gasteiger partial charge in [0, 0.05) is 6.92 Å². The maximum atomic E-state index is 10.5. The molecule has 2 nitrogen and oxygen atoms in total. The third kappa shape index (κ3) is 3.20. The first-order chi connectivity index (χ1) is 4.36. The van der Waals surface area contributed by atoms with Crippen LogP contribution in [-0.2, 0) is 9.53 Å². The lowest BCUT2D eigenvalue weighted by atomic mass is 10.1. The summed E-state index contributed by atoms with van der Waals surface area (Å²) in [6, 6.07) is 0. The van der Waals surface area contributed by atoms with Gasteiger partial charge in [0.15, 0.2) is 0 Å². The summed E-state index contributed by atoms with van der Waals surface area (Å²) in [5.74, 6) is -0.240. The fourth-order valence-electron chi connectivity index (χ4n) is 0.452. The number of carbonyl (C=O) groups excluding carboxylic acids is 1. The van der Waals surface area contributed by atoms with Crippen LogP contribution in [-0.4, -0.2) is 16.4 Å². The summed E-state index contributed by atoms with van der Waals surface area (Å²) in [4.78, 5) is 10.7. The van der Waals surface area contributed by atoms with Crippen molar-refractivity contribution >= 4 is 21.9 Å². The molecular formula is C7H13BrO2. The van der Waals surface area contributed by atoms with Crippen molar-refractivity contribution < 1.29 is 9.53 Å². The van der Waals surface area contributed by atoms with E-state index in [0.29, 0.717) is 0 Å². The highest BCUT2D eigenvalue weighted by molar-refractivity contribution is 9.09. The van der Waals surface area contributed by atoms with Crippen LogP contribution in [0.3, 0.4) is 0 Å². The van der Waals surface area contributed by atoms with Gasteiger partial charge in [-0.3, -0.25) is 4.79 Å². The lowest BCUT2D eigenvalue weighted by Crippen LogP contribution is -2.34. The fraction of sp³-hybridized carbons (Fsp3) is 0.857. The van der Waals surface area contributed by atoms with Crippen molar-refractivity contribution in [1.82, 2.24) is 0 Å². The summed E-state index contributed by atoms with van der Waals surface area (Å²) < 4.78 is 5.01. The van der Waals surface area contributed by atoms with Crippen molar-refractivity contribution in [2.75, 3.05) is 0 Å². The maximum Gasteiger partial charge on any atom is 0.303 e. The highest BCUT2D eigenvalue weighted by Crippen LogP contribution is 2.20. The molecule has 0 aliphatic carbocycles. The van der Waals surface area contributed by atoms with Crippen molar-refractivity contribution in [2.24, 2.45) is 0 Å². The van der Waals surface area contributed by atoms with Gasteiger partial charge in [-0.05, 0) is 20.8 Å². The van der Waals surface area contributed by atoms with Crippen LogP contribution in [0.2, 0.25) is 0 Å². The normalized spacial score (nSPS) is 14.5. The number of esters is 1. The van der Waals surface area contributed by atoms with Gasteiger partial charge in [-0.15, -0.1) is 0 Å². The highest BCUT2D eigenvalue weighted by atomic mass is 79.9. The number of hydrogen-bond donors (Lipinski definition) is 0. The van der Waals surface area contributed by atoms with Gasteiger partial charge in [0.1, 0.15) is 5.60 Å². The summed E-state index contributed by atoms with van der Waals surface area (Å²) in [7, 11) is 0. The van der Waals surface area contributed by atoms with E-state index in [1.165, 1.54) is 6.92 Å². The predicted molar refractivity (Wildman–Crippen MR) is 44.2 cm³/mol. The van der Waals surface area contributed by atoms with E-state index >= 15 is 0 Å². The molecule has 10 heavy (non-hydrogen) atoms. The van der Waals surface area contributed by atoms with Gasteiger partial charge in [0.2, 0.25) is 0 Å². The van der Waals surface area contributed by atoms with E-state index in [2.05, 4.69) is 15.9 Å². The van der Waals surface area contributed by atoms with Crippen LogP contribution < -0.4 is 0 Å². The summed E-state index contributed by atoms with van der Waals surface area (Å²) in [5.41, 5.74) is -0.411. The number of rotatable bonds is 2. The highest BCUT2D eigenvalue weighted by Gasteiger charge is 2.26. The molecule has 1 atom stereocenters. The first-order valence-electron chi connectivity index (χ1n) is 3.20. The van der Waals surface area contributed by atoms with Gasteiger partial charge >= 0.3 is 5.97 Å². The average Bonchev–Trinajstić information content (AvgIpc) is 1.60. The second-order valence-electron chi connectivity index (χ2n) is 2.81. The van der Waals surface area contributed by atoms with E-state index in [4.69, 9.17) is 4.74 Å². The van der Waals surface area contributed by atoms with Gasteiger partial charge < -0.3 is 4.74 Å². The quantitative estimate of drug-likeness (QED) is 0.514. The summed E-state index contributed by atoms with van der Waals surface area (Å²) >= 11 is 3.35. The van der Waals surface area contributed by atoms with E-state index in [0.717, 1.165) is 0 Å². The molecule has 0 aliphatic rings. The largest absolute Gasteiger partial charge is 0.459 e. The molecule has 0 aromatic heterocycles. The Kier molecular flexibility index (Phi) is 3.36. The number of alkyl halides is 1. The first-order valence-corrected chi connectivity index (χ1v) is 4.11. The van der Waals surface area contributed by atoms with Crippen molar-refractivity contribution in [3.8, 4) is 0 Å². The van der Waals surface area contributed by atoms with Gasteiger partial charge in [0.25, 0.3) is 0 Å². The predicted octanol–water partition coefficient (Wildman–Crippen LogP) is 2.11. The third-order valence-electron chi connectivity index (χ3n) is 1.36. The minimum atomic E-state index is -0.411. The van der Waals surface area contributed by atoms with Crippen molar-refractivity contribution in [2.45, 2.75) is 38.1 Å². The Bertz CT molecular complexity index is 130. The molecule has 0 saturated heterocycles. The van der Waals surface area contributed by atoms with Crippen LogP contribution in [0.1, 0.15) is 27.7 Å². The molecule has 0 bridgehead atoms. The Hall–Kier alpha value is -0.0500. The molecular weight excluding hydrogens is 196 g/mol. The second-order valence-corrected chi connectivity index (χ2v) is 4.19. The van der Waals surface area contributed by atoms with Gasteiger partial charge in [0.05, 0.1) is 4.83 Å². The van der Waals surface area contributed by atoms with E-state index in [-0.39, 0.29) is 10.8 Å². The molecule has 0 fully saturated rings. The topological polar surface area (TPSA) is 26.3 Å². The summed E-state index contributed by atoms with van der Waals surface area (Å²) in [6.45, 7) is 7.10. The molecule has 0 aromatic rings. The molecule has 0 N–H and O–H groups in total. The van der Waals surface area contributed by atoms with Gasteiger partial charge in [-0.25, -0.2) is 0 Å². The molecule has 0 spiro atoms. The minimum Gasteiger partial charge on any atom is -0.459 e. The van der Waals surface area contributed by atoms with E-state index < -0.39 is 5.60 Å². The SMILES string of the molecule is CC(=O)OC(C)(C)C(C)Br. The molecule has 60 valence electrons. The standard InChI is InChI=1S/C7H13BrO2/c1-5(8)7(3,4)10-6(2)9/h5H,1-4H3. The molecule has 3 heteroatoms. The number of carbonyl (C=O) groups is 1. The van der Waals surface area contributed by atoms with Crippen molar-refractivity contribution in [3.63, 3.8) is 0 Å². The Morgan fingerprint density at radius 3 is 2.10 bits per heavy atom. The number of hydrogen-bond acceptors (Lipinski definition) is 2. The Morgan fingerprint density at radius 2 is 2.00 bits per heavy atom. The summed E-state index contributed by atoms with van der Waals surface area (Å²) in [6.07, 6.45) is 0. The molecule has 0 aromatic carbocycles. The minimum absolute atomic E-state index is 0.170. The van der Waals surface area contributed by atoms with E-state index in [9.17, 15) is 4.79 Å². The molecule has 0 amide bonds. The second kappa shape index (κ2) is 3.37. The van der Waals surface area contributed by atoms with Crippen LogP contribution in [0, 0.1) is 0 Å². The molecule has 0 radical (unpaired) electrons. The van der Waals surface area contributed by atoms with Gasteiger partial charge in [-0.2, -0.15) is 0 Å². The van der Waals surface area contributed by atoms with E-state index in [1.807, 2.05) is 20.8 Å². The Morgan fingerprint density at radius 1 is 1.60 bits per heavy atom. The Labute approximate surface area is 70.1 Å². The average molecular weight is 209 g/mol. The maximum absolute atomic E-state index is 10.5. The monoisotopic (exact) mass is 208 g/mol. The fourth-order valence-corrected chi connectivity index (χ4v) is 0.545. The van der Waals surface area contributed by atoms with Gasteiger partial charge in [-0.1, -0.05) is 15.9 Å². The number of ether oxygens (including phenoxy) is 1. The van der Waals surface area contributed by atoms with Crippen LogP contribution in [0.5, 0.6) is 0 Å².